The van der Waals surface area contributed by atoms with Gasteiger partial charge >= 0.3 is 5.97 Å². The van der Waals surface area contributed by atoms with Gasteiger partial charge in [0.2, 0.25) is 0 Å². The average Bonchev–Trinajstić information content (AvgIpc) is 2.65. The number of nitrogens with zero attached hydrogens (tertiary/aromatic N) is 4. The zero-order valence-corrected chi connectivity index (χ0v) is 18.9. The third kappa shape index (κ3) is 11.1. The van der Waals surface area contributed by atoms with Gasteiger partial charge in [-0.15, -0.1) is 0 Å². The highest BCUT2D eigenvalue weighted by atomic mass is 16.4. The summed E-state index contributed by atoms with van der Waals surface area (Å²) in [7, 11) is 0. The van der Waals surface area contributed by atoms with Gasteiger partial charge in [0.1, 0.15) is 11.6 Å². The van der Waals surface area contributed by atoms with E-state index in [9.17, 15) is 24.6 Å². The third-order valence-corrected chi connectivity index (χ3v) is 5.57. The first-order valence-corrected chi connectivity index (χ1v) is 11.0. The minimum absolute atomic E-state index is 0.0532. The highest BCUT2D eigenvalue weighted by molar-refractivity contribution is 5.77. The van der Waals surface area contributed by atoms with E-state index in [1.54, 1.807) is 13.8 Å². The van der Waals surface area contributed by atoms with Crippen LogP contribution in [0.1, 0.15) is 33.6 Å². The summed E-state index contributed by atoms with van der Waals surface area (Å²) >= 11 is 0. The molecule has 0 aromatic heterocycles. The lowest BCUT2D eigenvalue weighted by Gasteiger charge is -2.36. The van der Waals surface area contributed by atoms with Crippen LogP contribution in [-0.4, -0.2) is 132 Å². The number of carboxylic acid groups (broad SMARTS) is 1. The molecule has 1 saturated heterocycles. The molecule has 174 valence electrons. The summed E-state index contributed by atoms with van der Waals surface area (Å²) in [5, 5.41) is 18.7. The van der Waals surface area contributed by atoms with Crippen LogP contribution >= 0.6 is 0 Å². The molecular weight excluding hydrogens is 388 g/mol. The predicted molar refractivity (Wildman–Crippen MR) is 116 cm³/mol. The number of rotatable bonds is 10. The monoisotopic (exact) mass is 428 g/mol. The molecule has 1 aliphatic heterocycles. The van der Waals surface area contributed by atoms with Crippen LogP contribution in [0, 0.1) is 0 Å². The van der Waals surface area contributed by atoms with Gasteiger partial charge in [0.25, 0.3) is 0 Å². The highest BCUT2D eigenvalue weighted by Crippen LogP contribution is 2.10. The Hall–Kier alpha value is -1.39. The Morgan fingerprint density at radius 1 is 0.767 bits per heavy atom. The molecule has 1 rings (SSSR count). The van der Waals surface area contributed by atoms with Gasteiger partial charge in [-0.2, -0.15) is 0 Å². The predicted octanol–water partition coefficient (Wildman–Crippen LogP) is -0.368. The van der Waals surface area contributed by atoms with E-state index in [1.165, 1.54) is 0 Å². The van der Waals surface area contributed by atoms with Gasteiger partial charge in [0.05, 0.1) is 19.6 Å². The molecule has 1 heterocycles. The van der Waals surface area contributed by atoms with Gasteiger partial charge in [-0.25, -0.2) is 0 Å². The summed E-state index contributed by atoms with van der Waals surface area (Å²) in [5.74, 6) is -0.693. The van der Waals surface area contributed by atoms with Crippen molar-refractivity contribution in [2.75, 3.05) is 78.6 Å². The molecule has 1 fully saturated rings. The van der Waals surface area contributed by atoms with Crippen molar-refractivity contribution >= 4 is 17.5 Å². The number of ketones is 2. The lowest BCUT2D eigenvalue weighted by Crippen LogP contribution is -2.50. The fourth-order valence-corrected chi connectivity index (χ4v) is 4.01. The number of aliphatic hydroxyl groups excluding tert-OH is 1. The fraction of sp³-hybridized carbons (Fsp3) is 0.857. The number of Topliss-reactive ketones (excluding diaryl/α,β-unsaturated/α-hetero) is 2. The normalized spacial score (nSPS) is 20.3. The van der Waals surface area contributed by atoms with Crippen molar-refractivity contribution in [3.63, 3.8) is 0 Å². The standard InChI is InChI=1S/C21H40N4O5/c1-4-20(5-14-26)25-12-10-22(15-18(2)27)6-8-24(17-21(29)30)9-7-23(11-13-25)16-19(3)28/h20,26H,4-17H2,1-3H3,(H,29,30). The topological polar surface area (TPSA) is 105 Å². The number of carboxylic acids is 1. The van der Waals surface area contributed by atoms with E-state index < -0.39 is 5.97 Å². The Labute approximate surface area is 180 Å². The van der Waals surface area contributed by atoms with Crippen molar-refractivity contribution in [3.05, 3.63) is 0 Å². The molecule has 1 atom stereocenters. The van der Waals surface area contributed by atoms with Gasteiger partial charge < -0.3 is 10.2 Å². The molecule has 0 amide bonds. The zero-order valence-electron chi connectivity index (χ0n) is 18.9. The van der Waals surface area contributed by atoms with Gasteiger partial charge in [0.15, 0.2) is 0 Å². The third-order valence-electron chi connectivity index (χ3n) is 5.57. The van der Waals surface area contributed by atoms with Crippen molar-refractivity contribution < 1.29 is 24.6 Å². The molecule has 0 spiro atoms. The van der Waals surface area contributed by atoms with E-state index in [4.69, 9.17) is 0 Å². The Balaban J connectivity index is 2.99. The molecule has 0 aromatic carbocycles. The number of aliphatic hydroxyl groups is 1. The molecule has 2 N–H and O–H groups in total. The van der Waals surface area contributed by atoms with Crippen molar-refractivity contribution in [1.82, 2.24) is 19.6 Å². The van der Waals surface area contributed by atoms with Crippen molar-refractivity contribution in [3.8, 4) is 0 Å². The van der Waals surface area contributed by atoms with Crippen LogP contribution in [-0.2, 0) is 14.4 Å². The Kier molecular flexibility index (Phi) is 13.0. The first kappa shape index (κ1) is 26.6. The van der Waals surface area contributed by atoms with Crippen molar-refractivity contribution in [1.29, 1.82) is 0 Å². The van der Waals surface area contributed by atoms with Gasteiger partial charge in [0, 0.05) is 65.0 Å². The molecule has 0 aromatic rings. The van der Waals surface area contributed by atoms with Crippen LogP contribution in [0.25, 0.3) is 0 Å². The smallest absolute Gasteiger partial charge is 0.317 e. The minimum Gasteiger partial charge on any atom is -0.480 e. The molecule has 30 heavy (non-hydrogen) atoms. The van der Waals surface area contributed by atoms with Crippen molar-refractivity contribution in [2.24, 2.45) is 0 Å². The molecule has 0 saturated carbocycles. The Morgan fingerprint density at radius 2 is 1.17 bits per heavy atom. The SMILES string of the molecule is CCC(CCO)N1CCN(CC(C)=O)CCN(CC(=O)O)CCN(CC(C)=O)CC1. The lowest BCUT2D eigenvalue weighted by molar-refractivity contribution is -0.138. The molecule has 1 aliphatic rings. The number of hydrogen-bond acceptors (Lipinski definition) is 8. The second-order valence-corrected chi connectivity index (χ2v) is 8.24. The lowest BCUT2D eigenvalue weighted by atomic mass is 10.1. The molecule has 9 nitrogen and oxygen atoms in total. The van der Waals surface area contributed by atoms with Gasteiger partial charge in [-0.3, -0.25) is 34.0 Å². The maximum Gasteiger partial charge on any atom is 0.317 e. The maximum atomic E-state index is 11.7. The summed E-state index contributed by atoms with van der Waals surface area (Å²) in [6, 6.07) is 0.250. The van der Waals surface area contributed by atoms with E-state index in [-0.39, 0.29) is 30.8 Å². The zero-order chi connectivity index (χ0) is 22.5. The molecule has 9 heteroatoms. The van der Waals surface area contributed by atoms with E-state index in [2.05, 4.69) is 21.6 Å². The van der Waals surface area contributed by atoms with Gasteiger partial charge in [-0.1, -0.05) is 6.92 Å². The average molecular weight is 429 g/mol. The molecular formula is C21H40N4O5. The largest absolute Gasteiger partial charge is 0.480 e. The first-order chi connectivity index (χ1) is 14.2. The Morgan fingerprint density at radius 3 is 1.50 bits per heavy atom. The van der Waals surface area contributed by atoms with Crippen LogP contribution < -0.4 is 0 Å². The van der Waals surface area contributed by atoms with Crippen LogP contribution in [0.4, 0.5) is 0 Å². The molecule has 1 unspecified atom stereocenters. The molecule has 0 radical (unpaired) electrons. The van der Waals surface area contributed by atoms with Crippen molar-refractivity contribution in [2.45, 2.75) is 39.7 Å². The Bertz CT molecular complexity index is 513. The number of hydrogen-bond donors (Lipinski definition) is 2. The van der Waals surface area contributed by atoms with Crippen LogP contribution in [0.3, 0.4) is 0 Å². The fourth-order valence-electron chi connectivity index (χ4n) is 4.01. The van der Waals surface area contributed by atoms with E-state index in [1.807, 2.05) is 4.90 Å². The quantitative estimate of drug-likeness (QED) is 0.482. The van der Waals surface area contributed by atoms with Crippen LogP contribution in [0.5, 0.6) is 0 Å². The number of carbonyl (C=O) groups is 3. The van der Waals surface area contributed by atoms with E-state index >= 15 is 0 Å². The van der Waals surface area contributed by atoms with E-state index in [0.29, 0.717) is 58.8 Å². The first-order valence-electron chi connectivity index (χ1n) is 11.0. The van der Waals surface area contributed by atoms with Gasteiger partial charge in [-0.05, 0) is 26.7 Å². The summed E-state index contributed by atoms with van der Waals surface area (Å²) in [4.78, 5) is 43.1. The highest BCUT2D eigenvalue weighted by Gasteiger charge is 2.22. The molecule has 0 aliphatic carbocycles. The summed E-state index contributed by atoms with van der Waals surface area (Å²) in [6.07, 6.45) is 1.62. The second-order valence-electron chi connectivity index (χ2n) is 8.24. The van der Waals surface area contributed by atoms with E-state index in [0.717, 1.165) is 19.5 Å². The molecule has 0 bridgehead atoms. The summed E-state index contributed by atoms with van der Waals surface area (Å²) in [6.45, 7) is 11.3. The second kappa shape index (κ2) is 14.6. The van der Waals surface area contributed by atoms with Crippen LogP contribution in [0.2, 0.25) is 0 Å². The maximum absolute atomic E-state index is 11.7. The number of carbonyl (C=O) groups excluding carboxylic acids is 2. The summed E-state index contributed by atoms with van der Waals surface area (Å²) < 4.78 is 0. The number of aliphatic carboxylic acids is 1. The minimum atomic E-state index is -0.876. The summed E-state index contributed by atoms with van der Waals surface area (Å²) in [5.41, 5.74) is 0. The van der Waals surface area contributed by atoms with Crippen LogP contribution in [0.15, 0.2) is 0 Å².